The Morgan fingerprint density at radius 3 is 0.485 bits per heavy atom. The topological polar surface area (TPSA) is 75.4 Å². The highest BCUT2D eigenvalue weighted by Crippen LogP contribution is 2.46. The average Bonchev–Trinajstić information content (AvgIpc) is 3.40. The van der Waals surface area contributed by atoms with Crippen molar-refractivity contribution in [2.45, 2.75) is 154 Å². The van der Waals surface area contributed by atoms with E-state index in [1.165, 1.54) is 178 Å². The van der Waals surface area contributed by atoms with Crippen molar-refractivity contribution in [3.63, 3.8) is 0 Å². The van der Waals surface area contributed by atoms with Crippen molar-refractivity contribution < 1.29 is 0 Å². The van der Waals surface area contributed by atoms with Gasteiger partial charge in [0.15, 0.2) is 0 Å². The third-order valence-electron chi connectivity index (χ3n) is 16.1. The maximum Gasteiger partial charge on any atom is 0.201 e. The van der Waals surface area contributed by atoms with Gasteiger partial charge in [-0.1, -0.05) is 0 Å². The van der Waals surface area contributed by atoms with Crippen LogP contribution in [0, 0.1) is 0 Å². The SMILES string of the molecule is c1cc(N=C(N2CCCCC2)N2CCCCC2)c2c(N=C(N3CCCCC3)N3CCCCC3)ccc(N=C(N3CCCCC3)N3CCCCC3)c2c1N=C(N1CCCCC1)N1CCCCC1. The summed E-state index contributed by atoms with van der Waals surface area (Å²) in [5, 5.41) is 2.26. The predicted molar refractivity (Wildman–Crippen MR) is 276 cm³/mol. The van der Waals surface area contributed by atoms with Crippen molar-refractivity contribution in [2.24, 2.45) is 20.0 Å². The first kappa shape index (κ1) is 45.6. The smallest absolute Gasteiger partial charge is 0.201 e. The molecule has 2 aromatic rings. The third-order valence-corrected chi connectivity index (χ3v) is 16.1. The van der Waals surface area contributed by atoms with E-state index in [9.17, 15) is 0 Å². The Kier molecular flexibility index (Phi) is 15.7. The standard InChI is InChI=1S/C54H84N12/c1-9-29-59(30-10-1)51(60-31-11-2-12-32-60)55-45-25-26-47(57-53(63-37-17-5-18-38-63)64-39-19-6-20-40-64)50-48(58-54(65-41-21-7-22-42-65)66-43-23-8-24-44-66)28-27-46(49(45)50)56-52(61-33-13-3-14-34-61)62-35-15-4-16-36-62/h25-28H,1-24,29-44H2. The van der Waals surface area contributed by atoms with Gasteiger partial charge in [0.1, 0.15) is 0 Å². The minimum Gasteiger partial charge on any atom is -0.343 e. The molecule has 2 aromatic carbocycles. The summed E-state index contributed by atoms with van der Waals surface area (Å²) in [6.45, 7) is 17.2. The monoisotopic (exact) mass is 901 g/mol. The van der Waals surface area contributed by atoms with Crippen LogP contribution in [0.4, 0.5) is 22.7 Å². The van der Waals surface area contributed by atoms with Gasteiger partial charge < -0.3 is 39.2 Å². The molecule has 12 nitrogen and oxygen atoms in total. The minimum atomic E-state index is 1.03. The van der Waals surface area contributed by atoms with E-state index >= 15 is 0 Å². The van der Waals surface area contributed by atoms with Crippen LogP contribution in [0.2, 0.25) is 0 Å². The second-order valence-electron chi connectivity index (χ2n) is 21.0. The summed E-state index contributed by atoms with van der Waals surface area (Å²) >= 11 is 0. The van der Waals surface area contributed by atoms with E-state index in [0.29, 0.717) is 0 Å². The Bertz CT molecular complexity index is 1630. The van der Waals surface area contributed by atoms with Crippen LogP contribution in [0.3, 0.4) is 0 Å². The van der Waals surface area contributed by atoms with Crippen LogP contribution in [0.15, 0.2) is 44.2 Å². The van der Waals surface area contributed by atoms with Gasteiger partial charge in [0.2, 0.25) is 23.8 Å². The zero-order valence-electron chi connectivity index (χ0n) is 41.0. The Hall–Kier alpha value is -4.22. The predicted octanol–water partition coefficient (Wildman–Crippen LogP) is 10.7. The quantitative estimate of drug-likeness (QED) is 0.222. The minimum absolute atomic E-state index is 1.03. The Morgan fingerprint density at radius 1 is 0.212 bits per heavy atom. The fraction of sp³-hybridized carbons (Fsp3) is 0.741. The van der Waals surface area contributed by atoms with Crippen molar-refractivity contribution in [2.75, 3.05) is 105 Å². The Balaban J connectivity index is 1.24. The molecule has 66 heavy (non-hydrogen) atoms. The molecule has 8 aliphatic rings. The highest BCUT2D eigenvalue weighted by Gasteiger charge is 2.30. The molecule has 0 spiro atoms. The van der Waals surface area contributed by atoms with E-state index in [-0.39, 0.29) is 0 Å². The second kappa shape index (κ2) is 22.7. The molecule has 0 radical (unpaired) electrons. The van der Waals surface area contributed by atoms with Crippen molar-refractivity contribution in [3.8, 4) is 0 Å². The zero-order valence-corrected chi connectivity index (χ0v) is 41.0. The molecule has 0 amide bonds. The number of benzene rings is 2. The van der Waals surface area contributed by atoms with Crippen molar-refractivity contribution in [1.29, 1.82) is 0 Å². The van der Waals surface area contributed by atoms with Crippen LogP contribution in [0.5, 0.6) is 0 Å². The van der Waals surface area contributed by atoms with Crippen LogP contribution >= 0.6 is 0 Å². The number of nitrogens with zero attached hydrogens (tertiary/aromatic N) is 12. The molecule has 360 valence electrons. The van der Waals surface area contributed by atoms with Gasteiger partial charge in [-0.3, -0.25) is 0 Å². The number of piperidine rings is 8. The van der Waals surface area contributed by atoms with Crippen molar-refractivity contribution >= 4 is 57.4 Å². The number of likely N-dealkylation sites (tertiary alicyclic amines) is 8. The van der Waals surface area contributed by atoms with Crippen LogP contribution < -0.4 is 0 Å². The van der Waals surface area contributed by atoms with Gasteiger partial charge in [0.25, 0.3) is 0 Å². The molecule has 12 heteroatoms. The maximum absolute atomic E-state index is 5.96. The number of guanidine groups is 4. The van der Waals surface area contributed by atoms with Gasteiger partial charge in [-0.15, -0.1) is 0 Å². The molecular weight excluding hydrogens is 817 g/mol. The highest BCUT2D eigenvalue weighted by molar-refractivity contribution is 6.15. The number of fused-ring (bicyclic) bond motifs is 1. The molecule has 0 N–H and O–H groups in total. The first-order chi connectivity index (χ1) is 32.8. The van der Waals surface area contributed by atoms with Crippen molar-refractivity contribution in [1.82, 2.24) is 39.2 Å². The first-order valence-electron chi connectivity index (χ1n) is 27.7. The molecular formula is C54H84N12. The Morgan fingerprint density at radius 2 is 0.348 bits per heavy atom. The summed E-state index contributed by atoms with van der Waals surface area (Å²) in [7, 11) is 0. The number of aliphatic imine (C=N–C) groups is 4. The number of rotatable bonds is 4. The third kappa shape index (κ3) is 10.9. The molecule has 0 aromatic heterocycles. The maximum atomic E-state index is 5.96. The summed E-state index contributed by atoms with van der Waals surface area (Å²) in [5.74, 6) is 4.70. The number of hydrogen-bond acceptors (Lipinski definition) is 4. The van der Waals surface area contributed by atoms with Crippen LogP contribution in [-0.4, -0.2) is 168 Å². The molecule has 8 aliphatic heterocycles. The van der Waals surface area contributed by atoms with E-state index < -0.39 is 0 Å². The fourth-order valence-electron chi connectivity index (χ4n) is 12.3. The van der Waals surface area contributed by atoms with Gasteiger partial charge in [0.05, 0.1) is 22.7 Å². The van der Waals surface area contributed by atoms with E-state index in [2.05, 4.69) is 63.5 Å². The van der Waals surface area contributed by atoms with Gasteiger partial charge in [-0.2, -0.15) is 0 Å². The van der Waals surface area contributed by atoms with Gasteiger partial charge in [-0.25, -0.2) is 20.0 Å². The van der Waals surface area contributed by atoms with Gasteiger partial charge in [0, 0.05) is 115 Å². The molecule has 10 rings (SSSR count). The van der Waals surface area contributed by atoms with E-state index in [1.54, 1.807) is 0 Å². The Labute approximate surface area is 398 Å². The molecule has 0 bridgehead atoms. The summed E-state index contributed by atoms with van der Waals surface area (Å²) < 4.78 is 0. The van der Waals surface area contributed by atoms with Gasteiger partial charge >= 0.3 is 0 Å². The zero-order chi connectivity index (χ0) is 44.3. The van der Waals surface area contributed by atoms with Crippen LogP contribution in [0.1, 0.15) is 154 Å². The fourth-order valence-corrected chi connectivity index (χ4v) is 12.3. The van der Waals surface area contributed by atoms with E-state index in [0.717, 1.165) is 138 Å². The van der Waals surface area contributed by atoms with Crippen LogP contribution in [0.25, 0.3) is 10.8 Å². The second-order valence-corrected chi connectivity index (χ2v) is 21.0. The molecule has 8 fully saturated rings. The summed E-state index contributed by atoms with van der Waals surface area (Å²) in [5.41, 5.74) is 4.10. The molecule has 0 saturated carbocycles. The first-order valence-corrected chi connectivity index (χ1v) is 27.7. The van der Waals surface area contributed by atoms with E-state index in [4.69, 9.17) is 20.0 Å². The summed E-state index contributed by atoms with van der Waals surface area (Å²) in [6, 6.07) is 9.35. The molecule has 8 saturated heterocycles. The molecule has 0 unspecified atom stereocenters. The molecule has 0 atom stereocenters. The summed E-state index contributed by atoms with van der Waals surface area (Å²) in [6.07, 6.45) is 30.2. The molecule has 8 heterocycles. The lowest BCUT2D eigenvalue weighted by atomic mass is 10.0. The number of hydrogen-bond donors (Lipinski definition) is 0. The largest absolute Gasteiger partial charge is 0.343 e. The van der Waals surface area contributed by atoms with Gasteiger partial charge in [-0.05, 0) is 178 Å². The average molecular weight is 901 g/mol. The molecule has 0 aliphatic carbocycles. The van der Waals surface area contributed by atoms with Crippen molar-refractivity contribution in [3.05, 3.63) is 24.3 Å². The van der Waals surface area contributed by atoms with Crippen LogP contribution in [-0.2, 0) is 0 Å². The highest BCUT2D eigenvalue weighted by atomic mass is 15.4. The lowest BCUT2D eigenvalue weighted by molar-refractivity contribution is 0.257. The summed E-state index contributed by atoms with van der Waals surface area (Å²) in [4.78, 5) is 44.8. The normalized spacial score (nSPS) is 22.6. The lowest BCUT2D eigenvalue weighted by Crippen LogP contribution is -2.48. The van der Waals surface area contributed by atoms with E-state index in [1.807, 2.05) is 0 Å². The lowest BCUT2D eigenvalue weighted by Gasteiger charge is -2.39.